The molecule has 0 amide bonds. The molecular weight excluding hydrogens is 258 g/mol. The summed E-state index contributed by atoms with van der Waals surface area (Å²) in [4.78, 5) is 0. The molecule has 0 fully saturated rings. The molecule has 0 spiro atoms. The fraction of sp³-hybridized carbons (Fsp3) is 0.600. The zero-order valence-corrected chi connectivity index (χ0v) is 12.6. The topological polar surface area (TPSA) is 49.0 Å². The predicted octanol–water partition coefficient (Wildman–Crippen LogP) is 1.85. The summed E-state index contributed by atoms with van der Waals surface area (Å²) in [5, 5.41) is 3.37. The molecule has 114 valence electrons. The monoisotopic (exact) mass is 283 g/mol. The summed E-state index contributed by atoms with van der Waals surface area (Å²) in [5.74, 6) is 1.71. The average molecular weight is 283 g/mol. The molecule has 0 aromatic heterocycles. The average Bonchev–Trinajstić information content (AvgIpc) is 2.49. The molecule has 0 aliphatic rings. The van der Waals surface area contributed by atoms with Crippen molar-refractivity contribution in [3.8, 4) is 11.5 Å². The number of nitrogens with one attached hydrogen (secondary N) is 1. The fourth-order valence-electron chi connectivity index (χ4n) is 1.79. The van der Waals surface area contributed by atoms with Gasteiger partial charge in [-0.3, -0.25) is 0 Å². The van der Waals surface area contributed by atoms with Gasteiger partial charge in [-0.1, -0.05) is 0 Å². The minimum atomic E-state index is 0.647. The maximum absolute atomic E-state index is 5.40. The van der Waals surface area contributed by atoms with Gasteiger partial charge < -0.3 is 24.3 Å². The molecule has 0 atom stereocenters. The highest BCUT2D eigenvalue weighted by Crippen LogP contribution is 2.23. The van der Waals surface area contributed by atoms with E-state index in [9.17, 15) is 0 Å². The molecule has 0 aliphatic heterocycles. The van der Waals surface area contributed by atoms with Gasteiger partial charge in [-0.2, -0.15) is 0 Å². The molecule has 5 nitrogen and oxygen atoms in total. The van der Waals surface area contributed by atoms with Gasteiger partial charge in [0.15, 0.2) is 0 Å². The Bertz CT molecular complexity index is 371. The van der Waals surface area contributed by atoms with Crippen LogP contribution >= 0.6 is 0 Å². The second kappa shape index (κ2) is 10.5. The van der Waals surface area contributed by atoms with Crippen molar-refractivity contribution in [1.29, 1.82) is 0 Å². The van der Waals surface area contributed by atoms with Crippen LogP contribution in [0.15, 0.2) is 18.2 Å². The second-order valence-electron chi connectivity index (χ2n) is 4.31. The van der Waals surface area contributed by atoms with Gasteiger partial charge in [0.25, 0.3) is 0 Å². The molecule has 20 heavy (non-hydrogen) atoms. The summed E-state index contributed by atoms with van der Waals surface area (Å²) in [6, 6.07) is 5.80. The Labute approximate surface area is 121 Å². The summed E-state index contributed by atoms with van der Waals surface area (Å²) in [5.41, 5.74) is 1.09. The van der Waals surface area contributed by atoms with Crippen LogP contribution in [0, 0.1) is 0 Å². The minimum absolute atomic E-state index is 0.647. The smallest absolute Gasteiger partial charge is 0.123 e. The maximum Gasteiger partial charge on any atom is 0.123 e. The molecule has 1 aromatic carbocycles. The first kappa shape index (κ1) is 16.8. The van der Waals surface area contributed by atoms with Gasteiger partial charge in [-0.05, 0) is 31.2 Å². The standard InChI is InChI=1S/C15H25NO4/c1-17-9-10-20-8-4-7-16-12-13-11-14(18-2)5-6-15(13)19-3/h5-6,11,16H,4,7-10,12H2,1-3H3. The van der Waals surface area contributed by atoms with Gasteiger partial charge in [0.1, 0.15) is 11.5 Å². The lowest BCUT2D eigenvalue weighted by Gasteiger charge is -2.11. The van der Waals surface area contributed by atoms with Crippen LogP contribution in [-0.2, 0) is 16.0 Å². The summed E-state index contributed by atoms with van der Waals surface area (Å²) < 4.78 is 20.9. The lowest BCUT2D eigenvalue weighted by Crippen LogP contribution is -2.17. The van der Waals surface area contributed by atoms with Crippen molar-refractivity contribution in [2.75, 3.05) is 47.7 Å². The quantitative estimate of drug-likeness (QED) is 0.628. The van der Waals surface area contributed by atoms with Crippen LogP contribution in [0.3, 0.4) is 0 Å². The van der Waals surface area contributed by atoms with E-state index in [0.717, 1.165) is 43.2 Å². The first-order valence-corrected chi connectivity index (χ1v) is 6.80. The van der Waals surface area contributed by atoms with Crippen LogP contribution < -0.4 is 14.8 Å². The van der Waals surface area contributed by atoms with Gasteiger partial charge in [0.05, 0.1) is 27.4 Å². The van der Waals surface area contributed by atoms with E-state index in [4.69, 9.17) is 18.9 Å². The van der Waals surface area contributed by atoms with Crippen LogP contribution in [0.25, 0.3) is 0 Å². The molecule has 0 unspecified atom stereocenters. The summed E-state index contributed by atoms with van der Waals surface area (Å²) >= 11 is 0. The second-order valence-corrected chi connectivity index (χ2v) is 4.31. The zero-order chi connectivity index (χ0) is 14.6. The van der Waals surface area contributed by atoms with Crippen LogP contribution in [0.2, 0.25) is 0 Å². The zero-order valence-electron chi connectivity index (χ0n) is 12.6. The Hall–Kier alpha value is -1.30. The van der Waals surface area contributed by atoms with Crippen LogP contribution in [-0.4, -0.2) is 47.7 Å². The van der Waals surface area contributed by atoms with Gasteiger partial charge in [-0.25, -0.2) is 0 Å². The lowest BCUT2D eigenvalue weighted by molar-refractivity contribution is 0.0694. The number of rotatable bonds is 11. The van der Waals surface area contributed by atoms with E-state index < -0.39 is 0 Å². The van der Waals surface area contributed by atoms with Gasteiger partial charge in [0.2, 0.25) is 0 Å². The normalized spacial score (nSPS) is 10.6. The summed E-state index contributed by atoms with van der Waals surface area (Å²) in [6.07, 6.45) is 0.968. The van der Waals surface area contributed by atoms with Crippen molar-refractivity contribution in [3.63, 3.8) is 0 Å². The van der Waals surface area contributed by atoms with E-state index >= 15 is 0 Å². The SMILES string of the molecule is COCCOCCCNCc1cc(OC)ccc1OC. The molecule has 0 saturated carbocycles. The Morgan fingerprint density at radius 2 is 1.85 bits per heavy atom. The number of methoxy groups -OCH3 is 3. The molecule has 1 rings (SSSR count). The number of hydrogen-bond acceptors (Lipinski definition) is 5. The van der Waals surface area contributed by atoms with E-state index in [0.29, 0.717) is 13.2 Å². The van der Waals surface area contributed by atoms with Gasteiger partial charge in [0, 0.05) is 25.8 Å². The molecule has 0 radical (unpaired) electrons. The first-order valence-electron chi connectivity index (χ1n) is 6.80. The molecule has 0 saturated heterocycles. The third kappa shape index (κ3) is 6.23. The van der Waals surface area contributed by atoms with E-state index in [1.807, 2.05) is 18.2 Å². The largest absolute Gasteiger partial charge is 0.497 e. The molecule has 5 heteroatoms. The third-order valence-corrected chi connectivity index (χ3v) is 2.88. The van der Waals surface area contributed by atoms with Crippen molar-refractivity contribution in [2.45, 2.75) is 13.0 Å². The molecular formula is C15H25NO4. The number of ether oxygens (including phenoxy) is 4. The Morgan fingerprint density at radius 1 is 1.00 bits per heavy atom. The Balaban J connectivity index is 2.24. The Morgan fingerprint density at radius 3 is 2.55 bits per heavy atom. The van der Waals surface area contributed by atoms with Crippen molar-refractivity contribution in [1.82, 2.24) is 5.32 Å². The highest BCUT2D eigenvalue weighted by Gasteiger charge is 2.04. The summed E-state index contributed by atoms with van der Waals surface area (Å²) in [6.45, 7) is 3.69. The fourth-order valence-corrected chi connectivity index (χ4v) is 1.79. The van der Waals surface area contributed by atoms with Crippen molar-refractivity contribution in [2.24, 2.45) is 0 Å². The highest BCUT2D eigenvalue weighted by atomic mass is 16.5. The summed E-state index contributed by atoms with van der Waals surface area (Å²) in [7, 11) is 5.01. The van der Waals surface area contributed by atoms with E-state index in [2.05, 4.69) is 5.32 Å². The van der Waals surface area contributed by atoms with Crippen LogP contribution in [0.4, 0.5) is 0 Å². The van der Waals surface area contributed by atoms with E-state index in [1.54, 1.807) is 21.3 Å². The first-order chi connectivity index (χ1) is 9.81. The molecule has 0 heterocycles. The van der Waals surface area contributed by atoms with Crippen molar-refractivity contribution >= 4 is 0 Å². The van der Waals surface area contributed by atoms with Crippen molar-refractivity contribution in [3.05, 3.63) is 23.8 Å². The Kier molecular flexibility index (Phi) is 8.78. The molecule has 1 aromatic rings. The minimum Gasteiger partial charge on any atom is -0.497 e. The predicted molar refractivity (Wildman–Crippen MR) is 78.6 cm³/mol. The number of benzene rings is 1. The highest BCUT2D eigenvalue weighted by molar-refractivity contribution is 5.40. The maximum atomic E-state index is 5.40. The molecule has 0 aliphatic carbocycles. The van der Waals surface area contributed by atoms with Gasteiger partial charge in [-0.15, -0.1) is 0 Å². The van der Waals surface area contributed by atoms with Gasteiger partial charge >= 0.3 is 0 Å². The van der Waals surface area contributed by atoms with E-state index in [-0.39, 0.29) is 0 Å². The lowest BCUT2D eigenvalue weighted by atomic mass is 10.2. The molecule has 0 bridgehead atoms. The van der Waals surface area contributed by atoms with Crippen LogP contribution in [0.5, 0.6) is 11.5 Å². The third-order valence-electron chi connectivity index (χ3n) is 2.88. The molecule has 1 N–H and O–H groups in total. The van der Waals surface area contributed by atoms with E-state index in [1.165, 1.54) is 0 Å². The number of hydrogen-bond donors (Lipinski definition) is 1. The van der Waals surface area contributed by atoms with Crippen LogP contribution in [0.1, 0.15) is 12.0 Å². The van der Waals surface area contributed by atoms with Crippen molar-refractivity contribution < 1.29 is 18.9 Å².